The Hall–Kier alpha value is -0.690. The van der Waals surface area contributed by atoms with Gasteiger partial charge in [0.25, 0.3) is 0 Å². The lowest BCUT2D eigenvalue weighted by Gasteiger charge is -2.12. The minimum Gasteiger partial charge on any atom is -0.369 e. The van der Waals surface area contributed by atoms with Crippen molar-refractivity contribution in [2.45, 2.75) is 27.2 Å². The van der Waals surface area contributed by atoms with Gasteiger partial charge in [0, 0.05) is 16.6 Å². The first-order chi connectivity index (χ1) is 9.52. The van der Waals surface area contributed by atoms with Gasteiger partial charge in [-0.1, -0.05) is 22.9 Å². The normalized spacial score (nSPS) is 10.7. The topological polar surface area (TPSA) is 37.8 Å². The van der Waals surface area contributed by atoms with Crippen molar-refractivity contribution in [1.82, 2.24) is 9.97 Å². The lowest BCUT2D eigenvalue weighted by atomic mass is 10.1. The average molecular weight is 446 g/mol. The van der Waals surface area contributed by atoms with Crippen LogP contribution in [0.25, 0.3) is 11.4 Å². The van der Waals surface area contributed by atoms with Gasteiger partial charge in [0.15, 0.2) is 5.82 Å². The second-order valence-electron chi connectivity index (χ2n) is 4.68. The fourth-order valence-electron chi connectivity index (χ4n) is 1.92. The fraction of sp³-hybridized carbons (Fsp3) is 0.333. The second-order valence-corrected chi connectivity index (χ2v) is 6.68. The Balaban J connectivity index is 2.48. The van der Waals surface area contributed by atoms with E-state index in [1.54, 1.807) is 0 Å². The number of nitrogens with one attached hydrogen (secondary N) is 1. The Morgan fingerprint density at radius 1 is 1.25 bits per heavy atom. The molecule has 1 aromatic carbocycles. The molecule has 1 heterocycles. The molecule has 0 saturated heterocycles. The standard InChI is InChI=1S/C15H17BrIN3/c1-4-7-18-15-13(17)10(3)19-14(20-15)12-6-5-11(16)8-9(12)2/h5-6,8H,4,7H2,1-3H3,(H,18,19,20). The van der Waals surface area contributed by atoms with Crippen LogP contribution in [0.5, 0.6) is 0 Å². The van der Waals surface area contributed by atoms with Gasteiger partial charge >= 0.3 is 0 Å². The molecule has 0 saturated carbocycles. The van der Waals surface area contributed by atoms with Gasteiger partial charge in [-0.2, -0.15) is 0 Å². The summed E-state index contributed by atoms with van der Waals surface area (Å²) in [6.45, 7) is 7.17. The molecule has 0 bridgehead atoms. The molecular weight excluding hydrogens is 429 g/mol. The van der Waals surface area contributed by atoms with Crippen molar-refractivity contribution in [2.24, 2.45) is 0 Å². The average Bonchev–Trinajstić information content (AvgIpc) is 2.40. The van der Waals surface area contributed by atoms with Crippen molar-refractivity contribution in [3.8, 4) is 11.4 Å². The van der Waals surface area contributed by atoms with Gasteiger partial charge in [0.2, 0.25) is 0 Å². The number of anilines is 1. The SMILES string of the molecule is CCCNc1nc(-c2ccc(Br)cc2C)nc(C)c1I. The van der Waals surface area contributed by atoms with Crippen LogP contribution >= 0.6 is 38.5 Å². The lowest BCUT2D eigenvalue weighted by Crippen LogP contribution is -2.08. The van der Waals surface area contributed by atoms with E-state index in [0.29, 0.717) is 0 Å². The van der Waals surface area contributed by atoms with Crippen molar-refractivity contribution in [1.29, 1.82) is 0 Å². The molecule has 1 N–H and O–H groups in total. The van der Waals surface area contributed by atoms with Crippen LogP contribution in [0.2, 0.25) is 0 Å². The number of benzene rings is 1. The highest BCUT2D eigenvalue weighted by Crippen LogP contribution is 2.27. The van der Waals surface area contributed by atoms with Crippen LogP contribution in [0.15, 0.2) is 22.7 Å². The molecule has 3 nitrogen and oxygen atoms in total. The molecule has 0 amide bonds. The maximum Gasteiger partial charge on any atom is 0.162 e. The molecule has 0 aliphatic carbocycles. The van der Waals surface area contributed by atoms with Gasteiger partial charge in [-0.05, 0) is 66.6 Å². The fourth-order valence-corrected chi connectivity index (χ4v) is 2.83. The molecule has 1 aromatic heterocycles. The maximum atomic E-state index is 4.69. The van der Waals surface area contributed by atoms with Crippen LogP contribution in [0.4, 0.5) is 5.82 Å². The van der Waals surface area contributed by atoms with Crippen LogP contribution < -0.4 is 5.32 Å². The monoisotopic (exact) mass is 445 g/mol. The molecule has 0 aliphatic heterocycles. The zero-order valence-corrected chi connectivity index (χ0v) is 15.5. The largest absolute Gasteiger partial charge is 0.369 e. The van der Waals surface area contributed by atoms with Crippen molar-refractivity contribution >= 4 is 44.3 Å². The van der Waals surface area contributed by atoms with E-state index in [1.807, 2.05) is 13.0 Å². The summed E-state index contributed by atoms with van der Waals surface area (Å²) in [5, 5.41) is 3.38. The van der Waals surface area contributed by atoms with E-state index in [4.69, 9.17) is 0 Å². The number of hydrogen-bond donors (Lipinski definition) is 1. The predicted octanol–water partition coefficient (Wildman–Crippen LogP) is 4.95. The molecular formula is C15H17BrIN3. The van der Waals surface area contributed by atoms with Gasteiger partial charge in [0.1, 0.15) is 5.82 Å². The van der Waals surface area contributed by atoms with Gasteiger partial charge in [-0.25, -0.2) is 9.97 Å². The van der Waals surface area contributed by atoms with E-state index in [0.717, 1.165) is 43.9 Å². The summed E-state index contributed by atoms with van der Waals surface area (Å²) in [5.74, 6) is 1.71. The third-order valence-electron chi connectivity index (χ3n) is 2.99. The highest BCUT2D eigenvalue weighted by Gasteiger charge is 2.12. The minimum absolute atomic E-state index is 0.784. The summed E-state index contributed by atoms with van der Waals surface area (Å²) in [4.78, 5) is 9.31. The second kappa shape index (κ2) is 6.85. The smallest absolute Gasteiger partial charge is 0.162 e. The molecule has 106 valence electrons. The van der Waals surface area contributed by atoms with Crippen molar-refractivity contribution in [3.05, 3.63) is 37.5 Å². The zero-order chi connectivity index (χ0) is 14.7. The third-order valence-corrected chi connectivity index (χ3v) is 4.77. The molecule has 0 aliphatic rings. The Labute approximate surface area is 141 Å². The molecule has 2 rings (SSSR count). The highest BCUT2D eigenvalue weighted by atomic mass is 127. The third kappa shape index (κ3) is 3.49. The summed E-state index contributed by atoms with van der Waals surface area (Å²) < 4.78 is 2.17. The zero-order valence-electron chi connectivity index (χ0n) is 11.8. The highest BCUT2D eigenvalue weighted by molar-refractivity contribution is 14.1. The van der Waals surface area contributed by atoms with Crippen molar-refractivity contribution in [3.63, 3.8) is 0 Å². The Morgan fingerprint density at radius 2 is 2.00 bits per heavy atom. The molecule has 0 radical (unpaired) electrons. The number of halogens is 2. The van der Waals surface area contributed by atoms with E-state index < -0.39 is 0 Å². The number of nitrogens with zero attached hydrogens (tertiary/aromatic N) is 2. The first-order valence-electron chi connectivity index (χ1n) is 6.57. The molecule has 20 heavy (non-hydrogen) atoms. The van der Waals surface area contributed by atoms with Crippen LogP contribution in [0, 0.1) is 17.4 Å². The first-order valence-corrected chi connectivity index (χ1v) is 8.44. The van der Waals surface area contributed by atoms with Gasteiger partial charge in [-0.3, -0.25) is 0 Å². The molecule has 5 heteroatoms. The first kappa shape index (κ1) is 15.7. The van der Waals surface area contributed by atoms with Crippen molar-refractivity contribution < 1.29 is 0 Å². The van der Waals surface area contributed by atoms with Gasteiger partial charge in [0.05, 0.1) is 9.26 Å². The maximum absolute atomic E-state index is 4.69. The summed E-state index contributed by atoms with van der Waals surface area (Å²) in [5.41, 5.74) is 3.25. The summed E-state index contributed by atoms with van der Waals surface area (Å²) in [6, 6.07) is 6.17. The van der Waals surface area contributed by atoms with E-state index in [1.165, 1.54) is 5.56 Å². The lowest BCUT2D eigenvalue weighted by molar-refractivity contribution is 0.958. The van der Waals surface area contributed by atoms with Crippen LogP contribution in [-0.2, 0) is 0 Å². The Kier molecular flexibility index (Phi) is 5.37. The summed E-state index contributed by atoms with van der Waals surface area (Å²) >= 11 is 5.79. The van der Waals surface area contributed by atoms with Gasteiger partial charge < -0.3 is 5.32 Å². The Morgan fingerprint density at radius 3 is 2.65 bits per heavy atom. The molecule has 0 spiro atoms. The predicted molar refractivity (Wildman–Crippen MR) is 96.1 cm³/mol. The number of aryl methyl sites for hydroxylation is 2. The molecule has 0 unspecified atom stereocenters. The molecule has 0 atom stereocenters. The summed E-state index contributed by atoms with van der Waals surface area (Å²) in [7, 11) is 0. The quantitative estimate of drug-likeness (QED) is 0.676. The van der Waals surface area contributed by atoms with E-state index in [-0.39, 0.29) is 0 Å². The van der Waals surface area contributed by atoms with Gasteiger partial charge in [-0.15, -0.1) is 0 Å². The Bertz CT molecular complexity index is 629. The number of hydrogen-bond acceptors (Lipinski definition) is 3. The summed E-state index contributed by atoms with van der Waals surface area (Å²) in [6.07, 6.45) is 1.08. The minimum atomic E-state index is 0.784. The van der Waals surface area contributed by atoms with E-state index in [9.17, 15) is 0 Å². The molecule has 2 aromatic rings. The number of rotatable bonds is 4. The number of aromatic nitrogens is 2. The molecule has 0 fully saturated rings. The van der Waals surface area contributed by atoms with Crippen LogP contribution in [0.3, 0.4) is 0 Å². The van der Waals surface area contributed by atoms with E-state index >= 15 is 0 Å². The van der Waals surface area contributed by atoms with E-state index in [2.05, 4.69) is 79.8 Å². The van der Waals surface area contributed by atoms with Crippen molar-refractivity contribution in [2.75, 3.05) is 11.9 Å². The van der Waals surface area contributed by atoms with Crippen LogP contribution in [0.1, 0.15) is 24.6 Å². The van der Waals surface area contributed by atoms with Crippen LogP contribution in [-0.4, -0.2) is 16.5 Å².